The summed E-state index contributed by atoms with van der Waals surface area (Å²) in [6.45, 7) is 4.11. The Labute approximate surface area is 87.6 Å². The molecule has 2 N–H and O–H groups in total. The summed E-state index contributed by atoms with van der Waals surface area (Å²) in [5.74, 6) is 0. The minimum absolute atomic E-state index is 0.588. The molecule has 1 aliphatic heterocycles. The van der Waals surface area contributed by atoms with Crippen LogP contribution in [0.3, 0.4) is 0 Å². The first-order valence-electron chi connectivity index (χ1n) is 5.39. The van der Waals surface area contributed by atoms with E-state index in [4.69, 9.17) is 8.23 Å². The fraction of sp³-hybridized carbons (Fsp3) is 1.00. The van der Waals surface area contributed by atoms with Gasteiger partial charge in [0.15, 0.2) is 0 Å². The van der Waals surface area contributed by atoms with Crippen molar-refractivity contribution < 1.29 is 17.8 Å². The van der Waals surface area contributed by atoms with Crippen molar-refractivity contribution in [1.82, 2.24) is 0 Å². The van der Waals surface area contributed by atoms with Gasteiger partial charge in [0.1, 0.15) is 0 Å². The summed E-state index contributed by atoms with van der Waals surface area (Å²) >= 11 is 0. The number of hydrogen-bond acceptors (Lipinski definition) is 4. The van der Waals surface area contributed by atoms with E-state index in [0.29, 0.717) is 12.1 Å². The molecule has 1 fully saturated rings. The molecular formula is C8H20O4Si2. The molecule has 0 atom stereocenters. The maximum atomic E-state index is 9.75. The predicted molar refractivity (Wildman–Crippen MR) is 57.5 cm³/mol. The van der Waals surface area contributed by atoms with Gasteiger partial charge in [-0.05, 0) is 12.8 Å². The smallest absolute Gasteiger partial charge is 0.391 e. The van der Waals surface area contributed by atoms with Gasteiger partial charge in [-0.15, -0.1) is 0 Å². The summed E-state index contributed by atoms with van der Waals surface area (Å²) in [5.41, 5.74) is 0. The van der Waals surface area contributed by atoms with E-state index in [0.717, 1.165) is 25.7 Å². The highest BCUT2D eigenvalue weighted by Gasteiger charge is 2.62. The molecule has 0 bridgehead atoms. The molecule has 0 radical (unpaired) electrons. The lowest BCUT2D eigenvalue weighted by atomic mass is 10.4. The molecule has 0 aromatic rings. The maximum absolute atomic E-state index is 9.75. The zero-order chi connectivity index (χ0) is 10.7. The second kappa shape index (κ2) is 4.86. The van der Waals surface area contributed by atoms with Crippen molar-refractivity contribution in [2.24, 2.45) is 0 Å². The highest BCUT2D eigenvalue weighted by atomic mass is 28.5. The van der Waals surface area contributed by atoms with Crippen LogP contribution in [0.25, 0.3) is 0 Å². The van der Waals surface area contributed by atoms with Crippen LogP contribution in [-0.4, -0.2) is 27.2 Å². The molecule has 0 unspecified atom stereocenters. The van der Waals surface area contributed by atoms with Crippen molar-refractivity contribution in [3.8, 4) is 0 Å². The van der Waals surface area contributed by atoms with Crippen molar-refractivity contribution in [2.45, 2.75) is 51.6 Å². The SMILES string of the molecule is CCCC[Si]1(O)O[Si](O)(CCCC)O1. The van der Waals surface area contributed by atoms with Gasteiger partial charge in [0.25, 0.3) is 0 Å². The predicted octanol–water partition coefficient (Wildman–Crippen LogP) is 1.50. The minimum Gasteiger partial charge on any atom is -0.391 e. The molecule has 4 nitrogen and oxygen atoms in total. The molecule has 0 amide bonds. The summed E-state index contributed by atoms with van der Waals surface area (Å²) in [4.78, 5) is 19.5. The van der Waals surface area contributed by atoms with Crippen molar-refractivity contribution >= 4 is 17.6 Å². The van der Waals surface area contributed by atoms with Crippen LogP contribution < -0.4 is 0 Å². The Morgan fingerprint density at radius 2 is 1.21 bits per heavy atom. The van der Waals surface area contributed by atoms with Crippen LogP contribution >= 0.6 is 0 Å². The van der Waals surface area contributed by atoms with Crippen LogP contribution in [-0.2, 0) is 8.23 Å². The summed E-state index contributed by atoms with van der Waals surface area (Å²) in [6, 6.07) is 1.18. The van der Waals surface area contributed by atoms with E-state index in [1.807, 2.05) is 0 Å². The average molecular weight is 236 g/mol. The molecule has 0 aliphatic carbocycles. The monoisotopic (exact) mass is 236 g/mol. The van der Waals surface area contributed by atoms with Gasteiger partial charge in [0, 0.05) is 12.1 Å². The molecule has 1 saturated heterocycles. The first kappa shape index (κ1) is 12.3. The molecule has 84 valence electrons. The molecule has 0 aromatic carbocycles. The maximum Gasteiger partial charge on any atom is 0.483 e. The fourth-order valence-corrected chi connectivity index (χ4v) is 8.79. The average Bonchev–Trinajstić information content (AvgIpc) is 2.09. The van der Waals surface area contributed by atoms with Gasteiger partial charge in [-0.2, -0.15) is 0 Å². The lowest BCUT2D eigenvalue weighted by Crippen LogP contribution is -2.71. The van der Waals surface area contributed by atoms with Crippen LogP contribution in [0.15, 0.2) is 0 Å². The van der Waals surface area contributed by atoms with Crippen molar-refractivity contribution in [1.29, 1.82) is 0 Å². The Bertz CT molecular complexity index is 164. The third-order valence-electron chi connectivity index (χ3n) is 2.33. The van der Waals surface area contributed by atoms with Gasteiger partial charge in [-0.3, -0.25) is 0 Å². The Morgan fingerprint density at radius 1 is 0.857 bits per heavy atom. The standard InChI is InChI=1S/C8H20O4Si2/c1-3-5-7-13(9)11-14(10,12-13)8-6-4-2/h9-10H,3-8H2,1-2H3. The quantitative estimate of drug-likeness (QED) is 0.686. The zero-order valence-corrected chi connectivity index (χ0v) is 11.0. The fourth-order valence-electron chi connectivity index (χ4n) is 1.51. The van der Waals surface area contributed by atoms with Gasteiger partial charge in [0.05, 0.1) is 0 Å². The molecule has 14 heavy (non-hydrogen) atoms. The Balaban J connectivity index is 2.25. The van der Waals surface area contributed by atoms with Crippen LogP contribution in [0.1, 0.15) is 39.5 Å². The molecule has 0 saturated carbocycles. The molecule has 0 aromatic heterocycles. The van der Waals surface area contributed by atoms with Crippen molar-refractivity contribution in [3.63, 3.8) is 0 Å². The second-order valence-corrected chi connectivity index (χ2v) is 9.32. The first-order chi connectivity index (χ1) is 6.54. The first-order valence-corrected chi connectivity index (χ1v) is 9.33. The van der Waals surface area contributed by atoms with Gasteiger partial charge in [0.2, 0.25) is 0 Å². The van der Waals surface area contributed by atoms with Crippen LogP contribution in [0, 0.1) is 0 Å². The lowest BCUT2D eigenvalue weighted by Gasteiger charge is -2.45. The van der Waals surface area contributed by atoms with Crippen LogP contribution in [0.5, 0.6) is 0 Å². The highest BCUT2D eigenvalue weighted by Crippen LogP contribution is 2.34. The van der Waals surface area contributed by atoms with Crippen LogP contribution in [0.2, 0.25) is 12.1 Å². The van der Waals surface area contributed by atoms with E-state index in [2.05, 4.69) is 13.8 Å². The van der Waals surface area contributed by atoms with E-state index in [-0.39, 0.29) is 0 Å². The third-order valence-corrected chi connectivity index (χ3v) is 9.40. The highest BCUT2D eigenvalue weighted by molar-refractivity contribution is 6.87. The van der Waals surface area contributed by atoms with Gasteiger partial charge >= 0.3 is 17.6 Å². The minimum atomic E-state index is -2.89. The zero-order valence-electron chi connectivity index (χ0n) is 8.95. The van der Waals surface area contributed by atoms with E-state index < -0.39 is 17.6 Å². The largest absolute Gasteiger partial charge is 0.483 e. The van der Waals surface area contributed by atoms with Crippen LogP contribution in [0.4, 0.5) is 0 Å². The third kappa shape index (κ3) is 3.14. The molecule has 1 heterocycles. The van der Waals surface area contributed by atoms with E-state index >= 15 is 0 Å². The molecule has 0 spiro atoms. The molecular weight excluding hydrogens is 216 g/mol. The number of unbranched alkanes of at least 4 members (excludes halogenated alkanes) is 2. The topological polar surface area (TPSA) is 58.9 Å². The summed E-state index contributed by atoms with van der Waals surface area (Å²) in [6.07, 6.45) is 3.83. The van der Waals surface area contributed by atoms with Gasteiger partial charge in [-0.1, -0.05) is 26.7 Å². The molecule has 6 heteroatoms. The Hall–Kier alpha value is 0.274. The lowest BCUT2D eigenvalue weighted by molar-refractivity contribution is 0.0642. The number of hydrogen-bond donors (Lipinski definition) is 2. The normalized spacial score (nSPS) is 36.9. The van der Waals surface area contributed by atoms with Crippen molar-refractivity contribution in [3.05, 3.63) is 0 Å². The second-order valence-electron chi connectivity index (χ2n) is 3.84. The van der Waals surface area contributed by atoms with Crippen molar-refractivity contribution in [2.75, 3.05) is 0 Å². The van der Waals surface area contributed by atoms with Gasteiger partial charge < -0.3 is 17.8 Å². The summed E-state index contributed by atoms with van der Waals surface area (Å²) in [5, 5.41) is 0. The molecule has 1 rings (SSSR count). The van der Waals surface area contributed by atoms with E-state index in [9.17, 15) is 9.59 Å². The Kier molecular flexibility index (Phi) is 4.29. The number of rotatable bonds is 6. The Morgan fingerprint density at radius 3 is 1.50 bits per heavy atom. The summed E-state index contributed by atoms with van der Waals surface area (Å²) < 4.78 is 10.6. The summed E-state index contributed by atoms with van der Waals surface area (Å²) in [7, 11) is -5.78. The van der Waals surface area contributed by atoms with E-state index in [1.54, 1.807) is 0 Å². The van der Waals surface area contributed by atoms with E-state index in [1.165, 1.54) is 0 Å². The van der Waals surface area contributed by atoms with Gasteiger partial charge in [-0.25, -0.2) is 0 Å². The molecule has 1 aliphatic rings.